The number of anilines is 1. The third-order valence-corrected chi connectivity index (χ3v) is 3.32. The first-order valence-corrected chi connectivity index (χ1v) is 6.04. The van der Waals surface area contributed by atoms with Gasteiger partial charge in [-0.2, -0.15) is 0 Å². The van der Waals surface area contributed by atoms with Crippen LogP contribution in [0.25, 0.3) is 6.08 Å². The van der Waals surface area contributed by atoms with Crippen LogP contribution in [0, 0.1) is 4.77 Å². The highest BCUT2D eigenvalue weighted by Gasteiger charge is 2.43. The quantitative estimate of drug-likeness (QED) is 0.551. The largest absolute Gasteiger partial charge is 0.394 e. The van der Waals surface area contributed by atoms with Gasteiger partial charge >= 0.3 is 0 Å². The summed E-state index contributed by atoms with van der Waals surface area (Å²) in [4.78, 5) is 3.95. The van der Waals surface area contributed by atoms with Crippen LogP contribution in [0.4, 0.5) is 5.82 Å². The van der Waals surface area contributed by atoms with Gasteiger partial charge in [0.1, 0.15) is 24.1 Å². The van der Waals surface area contributed by atoms with Crippen LogP contribution in [-0.2, 0) is 4.74 Å². The molecular formula is C11H15N3O4S. The van der Waals surface area contributed by atoms with E-state index in [0.717, 1.165) is 0 Å². The summed E-state index contributed by atoms with van der Waals surface area (Å²) >= 11 is 5.05. The van der Waals surface area contributed by atoms with Crippen molar-refractivity contribution in [2.45, 2.75) is 24.5 Å². The number of hydrogen-bond donors (Lipinski definition) is 4. The molecule has 0 amide bonds. The smallest absolute Gasteiger partial charge is 0.203 e. The van der Waals surface area contributed by atoms with E-state index in [1.54, 1.807) is 0 Å². The fourth-order valence-electron chi connectivity index (χ4n) is 1.95. The van der Waals surface area contributed by atoms with Crippen molar-refractivity contribution < 1.29 is 20.1 Å². The van der Waals surface area contributed by atoms with E-state index in [9.17, 15) is 10.2 Å². The Morgan fingerprint density at radius 2 is 2.21 bits per heavy atom. The first kappa shape index (κ1) is 14.1. The molecule has 1 aliphatic rings. The molecule has 0 aliphatic carbocycles. The van der Waals surface area contributed by atoms with E-state index in [0.29, 0.717) is 5.56 Å². The maximum absolute atomic E-state index is 9.93. The van der Waals surface area contributed by atoms with Gasteiger partial charge in [0.2, 0.25) is 4.77 Å². The van der Waals surface area contributed by atoms with Gasteiger partial charge in [0, 0.05) is 11.8 Å². The average molecular weight is 285 g/mol. The summed E-state index contributed by atoms with van der Waals surface area (Å²) in [5, 5.41) is 28.7. The molecule has 7 nitrogen and oxygen atoms in total. The lowest BCUT2D eigenvalue weighted by molar-refractivity contribution is -0.0540. The zero-order valence-electron chi connectivity index (χ0n) is 10.0. The lowest BCUT2D eigenvalue weighted by Crippen LogP contribution is -2.33. The van der Waals surface area contributed by atoms with Crippen molar-refractivity contribution in [3.8, 4) is 0 Å². The Hall–Kier alpha value is -1.32. The highest BCUT2D eigenvalue weighted by molar-refractivity contribution is 7.71. The van der Waals surface area contributed by atoms with E-state index in [4.69, 9.17) is 27.8 Å². The minimum absolute atomic E-state index is 0.109. The lowest BCUT2D eigenvalue weighted by Gasteiger charge is -2.19. The lowest BCUT2D eigenvalue weighted by atomic mass is 10.1. The number of nitrogens with two attached hydrogens (primary N) is 1. The second kappa shape index (κ2) is 5.35. The fraction of sp³-hybridized carbons (Fsp3) is 0.455. The van der Waals surface area contributed by atoms with Gasteiger partial charge in [-0.15, -0.1) is 0 Å². The van der Waals surface area contributed by atoms with Gasteiger partial charge in [0.25, 0.3) is 0 Å². The van der Waals surface area contributed by atoms with Crippen LogP contribution in [0.1, 0.15) is 11.8 Å². The summed E-state index contributed by atoms with van der Waals surface area (Å²) < 4.78 is 6.86. The third kappa shape index (κ3) is 2.40. The molecule has 104 valence electrons. The predicted molar refractivity (Wildman–Crippen MR) is 70.6 cm³/mol. The fourth-order valence-corrected chi connectivity index (χ4v) is 2.20. The van der Waals surface area contributed by atoms with Crippen molar-refractivity contribution >= 4 is 24.1 Å². The van der Waals surface area contributed by atoms with E-state index < -0.39 is 31.1 Å². The number of ether oxygens (including phenoxy) is 1. The molecule has 4 atom stereocenters. The van der Waals surface area contributed by atoms with Crippen molar-refractivity contribution in [3.63, 3.8) is 0 Å². The molecular weight excluding hydrogens is 270 g/mol. The minimum atomic E-state index is -1.22. The van der Waals surface area contributed by atoms with Gasteiger partial charge in [-0.1, -0.05) is 12.7 Å². The van der Waals surface area contributed by atoms with Gasteiger partial charge in [-0.3, -0.25) is 4.57 Å². The first-order chi connectivity index (χ1) is 8.99. The zero-order chi connectivity index (χ0) is 14.2. The first-order valence-electron chi connectivity index (χ1n) is 5.63. The molecule has 2 heterocycles. The molecule has 0 radical (unpaired) electrons. The number of aliphatic hydroxyl groups is 3. The van der Waals surface area contributed by atoms with E-state index in [-0.39, 0.29) is 10.6 Å². The summed E-state index contributed by atoms with van der Waals surface area (Å²) in [6, 6.07) is 0. The SMILES string of the molecule is C=Cc1cn([C@@H]2O[C@H](CO)[C@@H](O)[C@@H]2O)c(=S)nc1N. The second-order valence-corrected chi connectivity index (χ2v) is 4.57. The normalized spacial score (nSPS) is 30.5. The molecule has 1 saturated heterocycles. The molecule has 5 N–H and O–H groups in total. The Morgan fingerprint density at radius 3 is 2.74 bits per heavy atom. The standard InChI is InChI=1S/C11H15N3O4S/c1-2-5-3-14(11(19)13-9(5)12)10-8(17)7(16)6(4-15)18-10/h2-3,6-8,10,15-17H,1,4H2,(H2,12,13,19)/t6-,7-,8+,10-/m1/s1. The molecule has 0 spiro atoms. The third-order valence-electron chi connectivity index (χ3n) is 3.02. The molecule has 0 unspecified atom stereocenters. The summed E-state index contributed by atoms with van der Waals surface area (Å²) in [5.41, 5.74) is 6.19. The Kier molecular flexibility index (Phi) is 3.97. The second-order valence-electron chi connectivity index (χ2n) is 4.20. The van der Waals surface area contributed by atoms with Crippen LogP contribution in [0.3, 0.4) is 0 Å². The Labute approximate surface area is 114 Å². The van der Waals surface area contributed by atoms with Crippen molar-refractivity contribution in [3.05, 3.63) is 23.1 Å². The predicted octanol–water partition coefficient (Wildman–Crippen LogP) is -0.551. The van der Waals surface area contributed by atoms with Crippen LogP contribution in [0.2, 0.25) is 0 Å². The highest BCUT2D eigenvalue weighted by Crippen LogP contribution is 2.30. The zero-order valence-corrected chi connectivity index (χ0v) is 10.8. The van der Waals surface area contributed by atoms with E-state index in [1.165, 1.54) is 16.8 Å². The summed E-state index contributed by atoms with van der Waals surface area (Å²) in [6.07, 6.45) is -1.17. The number of hydrogen-bond acceptors (Lipinski definition) is 7. The summed E-state index contributed by atoms with van der Waals surface area (Å²) in [6.45, 7) is 3.19. The van der Waals surface area contributed by atoms with Crippen molar-refractivity contribution in [2.75, 3.05) is 12.3 Å². The maximum Gasteiger partial charge on any atom is 0.203 e. The van der Waals surface area contributed by atoms with Gasteiger partial charge in [-0.05, 0) is 12.2 Å². The topological polar surface area (TPSA) is 114 Å². The summed E-state index contributed by atoms with van der Waals surface area (Å²) in [5.74, 6) is 0.225. The minimum Gasteiger partial charge on any atom is -0.394 e. The monoisotopic (exact) mass is 285 g/mol. The molecule has 19 heavy (non-hydrogen) atoms. The van der Waals surface area contributed by atoms with Gasteiger partial charge in [-0.25, -0.2) is 4.98 Å². The number of rotatable bonds is 3. The van der Waals surface area contributed by atoms with Crippen LogP contribution in [0.5, 0.6) is 0 Å². The van der Waals surface area contributed by atoms with Gasteiger partial charge in [0.05, 0.1) is 6.61 Å². The van der Waals surface area contributed by atoms with Crippen LogP contribution >= 0.6 is 12.2 Å². The molecule has 1 aliphatic heterocycles. The Morgan fingerprint density at radius 1 is 1.53 bits per heavy atom. The van der Waals surface area contributed by atoms with Crippen LogP contribution in [0.15, 0.2) is 12.8 Å². The van der Waals surface area contributed by atoms with Gasteiger partial charge < -0.3 is 25.8 Å². The summed E-state index contributed by atoms with van der Waals surface area (Å²) in [7, 11) is 0. The molecule has 1 fully saturated rings. The maximum atomic E-state index is 9.93. The number of aliphatic hydroxyl groups excluding tert-OH is 3. The van der Waals surface area contributed by atoms with Crippen molar-refractivity contribution in [1.29, 1.82) is 0 Å². The average Bonchev–Trinajstić information content (AvgIpc) is 2.67. The van der Waals surface area contributed by atoms with Crippen LogP contribution < -0.4 is 5.73 Å². The number of nitrogen functional groups attached to an aromatic ring is 1. The van der Waals surface area contributed by atoms with Crippen LogP contribution in [-0.4, -0.2) is 49.8 Å². The molecule has 1 aromatic rings. The molecule has 0 saturated carbocycles. The highest BCUT2D eigenvalue weighted by atomic mass is 32.1. The molecule has 8 heteroatoms. The van der Waals surface area contributed by atoms with E-state index in [1.807, 2.05) is 0 Å². The van der Waals surface area contributed by atoms with Crippen molar-refractivity contribution in [1.82, 2.24) is 9.55 Å². The van der Waals surface area contributed by atoms with Gasteiger partial charge in [0.15, 0.2) is 6.23 Å². The Balaban J connectivity index is 2.43. The van der Waals surface area contributed by atoms with Crippen molar-refractivity contribution in [2.24, 2.45) is 0 Å². The molecule has 1 aromatic heterocycles. The van der Waals surface area contributed by atoms with E-state index in [2.05, 4.69) is 11.6 Å². The Bertz CT molecular complexity index is 547. The van der Waals surface area contributed by atoms with E-state index >= 15 is 0 Å². The molecule has 0 bridgehead atoms. The number of nitrogens with zero attached hydrogens (tertiary/aromatic N) is 2. The number of aromatic nitrogens is 2. The molecule has 2 rings (SSSR count). The molecule has 0 aromatic carbocycles.